The quantitative estimate of drug-likeness (QED) is 0.839. The van der Waals surface area contributed by atoms with Crippen LogP contribution in [-0.2, 0) is 24.9 Å². The Hall–Kier alpha value is -1.95. The highest BCUT2D eigenvalue weighted by Gasteiger charge is 2.56. The van der Waals surface area contributed by atoms with Crippen molar-refractivity contribution in [3.05, 3.63) is 39.1 Å². The van der Waals surface area contributed by atoms with Crippen LogP contribution in [0.25, 0.3) is 0 Å². The van der Waals surface area contributed by atoms with Crippen LogP contribution in [0.4, 0.5) is 0 Å². The molecular weight excluding hydrogens is 328 g/mol. The molecule has 0 spiro atoms. The molecule has 3 aliphatic rings. The van der Waals surface area contributed by atoms with Crippen LogP contribution in [0.2, 0.25) is 0 Å². The Bertz CT molecular complexity index is 852. The Kier molecular flexibility index (Phi) is 4.06. The summed E-state index contributed by atoms with van der Waals surface area (Å²) in [6.07, 6.45) is 6.10. The number of carbonyl (C=O) groups excluding carboxylic acids is 1. The third kappa shape index (κ3) is 2.54. The van der Waals surface area contributed by atoms with Crippen LogP contribution >= 0.6 is 0 Å². The van der Waals surface area contributed by atoms with Gasteiger partial charge in [-0.15, -0.1) is 0 Å². The monoisotopic (exact) mass is 356 g/mol. The van der Waals surface area contributed by atoms with E-state index in [1.165, 1.54) is 5.57 Å². The molecule has 1 amide bonds. The zero-order chi connectivity index (χ0) is 18.6. The summed E-state index contributed by atoms with van der Waals surface area (Å²) in [5, 5.41) is 3.64. The molecule has 26 heavy (non-hydrogen) atoms. The lowest BCUT2D eigenvalue weighted by atomic mass is 9.70. The number of aryl methyl sites for hydroxylation is 1. The second-order valence-corrected chi connectivity index (χ2v) is 8.45. The number of nitrogens with zero attached hydrogens (tertiary/aromatic N) is 3. The lowest BCUT2D eigenvalue weighted by Crippen LogP contribution is -2.48. The summed E-state index contributed by atoms with van der Waals surface area (Å²) in [4.78, 5) is 32.6. The topological polar surface area (TPSA) is 67.2 Å². The number of nitrogens with one attached hydrogen (secondary N) is 1. The largest absolute Gasteiger partial charge is 0.332 e. The number of amides is 1. The van der Waals surface area contributed by atoms with Crippen molar-refractivity contribution in [1.29, 1.82) is 0 Å². The first-order valence-corrected chi connectivity index (χ1v) is 9.56. The minimum absolute atomic E-state index is 0.0211. The van der Waals surface area contributed by atoms with E-state index in [1.807, 2.05) is 11.8 Å². The summed E-state index contributed by atoms with van der Waals surface area (Å²) < 4.78 is 1.57. The van der Waals surface area contributed by atoms with Crippen molar-refractivity contribution in [2.24, 2.45) is 12.5 Å². The first kappa shape index (κ1) is 17.5. The van der Waals surface area contributed by atoms with Gasteiger partial charge in [0, 0.05) is 19.1 Å². The summed E-state index contributed by atoms with van der Waals surface area (Å²) in [7, 11) is 1.74. The van der Waals surface area contributed by atoms with Crippen LogP contribution < -0.4 is 10.9 Å². The average Bonchev–Trinajstić information content (AvgIpc) is 3.31. The lowest BCUT2D eigenvalue weighted by Gasteiger charge is -2.37. The van der Waals surface area contributed by atoms with Crippen LogP contribution in [0.5, 0.6) is 0 Å². The number of carbonyl (C=O) groups is 1. The molecule has 1 N–H and O–H groups in total. The van der Waals surface area contributed by atoms with Gasteiger partial charge in [-0.2, -0.15) is 0 Å². The first-order valence-electron chi connectivity index (χ1n) is 9.56. The van der Waals surface area contributed by atoms with Crippen molar-refractivity contribution in [3.8, 4) is 0 Å². The number of aromatic nitrogens is 2. The van der Waals surface area contributed by atoms with E-state index < -0.39 is 0 Å². The van der Waals surface area contributed by atoms with Gasteiger partial charge in [0.25, 0.3) is 5.56 Å². The van der Waals surface area contributed by atoms with Crippen molar-refractivity contribution in [3.63, 3.8) is 0 Å². The second-order valence-electron chi connectivity index (χ2n) is 8.45. The maximum absolute atomic E-state index is 13.6. The number of hydrogen-bond donors (Lipinski definition) is 1. The lowest BCUT2D eigenvalue weighted by molar-refractivity contribution is -0.144. The van der Waals surface area contributed by atoms with Crippen LogP contribution in [0.3, 0.4) is 0 Å². The molecule has 4 rings (SSSR count). The second kappa shape index (κ2) is 6.05. The van der Waals surface area contributed by atoms with Gasteiger partial charge in [0.1, 0.15) is 5.82 Å². The smallest absolute Gasteiger partial charge is 0.258 e. The predicted molar refractivity (Wildman–Crippen MR) is 99.5 cm³/mol. The molecule has 6 nitrogen and oxygen atoms in total. The predicted octanol–water partition coefficient (Wildman–Crippen LogP) is 1.80. The summed E-state index contributed by atoms with van der Waals surface area (Å²) in [5.41, 5.74) is 2.30. The van der Waals surface area contributed by atoms with E-state index in [1.54, 1.807) is 11.6 Å². The Balaban J connectivity index is 1.65. The van der Waals surface area contributed by atoms with Crippen molar-refractivity contribution >= 4 is 5.91 Å². The molecule has 2 fully saturated rings. The van der Waals surface area contributed by atoms with Gasteiger partial charge in [0.15, 0.2) is 0 Å². The molecule has 2 saturated heterocycles. The fourth-order valence-corrected chi connectivity index (χ4v) is 4.92. The molecule has 3 atom stereocenters. The van der Waals surface area contributed by atoms with Crippen LogP contribution in [0.15, 0.2) is 16.4 Å². The summed E-state index contributed by atoms with van der Waals surface area (Å²) in [6, 6.07) is 0.699. The van der Waals surface area contributed by atoms with Gasteiger partial charge in [-0.3, -0.25) is 14.2 Å². The highest BCUT2D eigenvalue weighted by molar-refractivity contribution is 5.85. The fourth-order valence-electron chi connectivity index (χ4n) is 4.92. The van der Waals surface area contributed by atoms with E-state index in [0.717, 1.165) is 31.4 Å². The third-order valence-electron chi connectivity index (χ3n) is 6.49. The van der Waals surface area contributed by atoms with Crippen LogP contribution in [0, 0.1) is 12.3 Å². The number of hydrogen-bond acceptors (Lipinski definition) is 4. The molecule has 0 radical (unpaired) electrons. The van der Waals surface area contributed by atoms with Crippen molar-refractivity contribution in [1.82, 2.24) is 19.8 Å². The molecule has 0 aliphatic carbocycles. The summed E-state index contributed by atoms with van der Waals surface area (Å²) >= 11 is 0. The minimum Gasteiger partial charge on any atom is -0.332 e. The third-order valence-corrected chi connectivity index (χ3v) is 6.49. The van der Waals surface area contributed by atoms with E-state index >= 15 is 0 Å². The van der Waals surface area contributed by atoms with E-state index in [9.17, 15) is 9.59 Å². The van der Waals surface area contributed by atoms with Crippen LogP contribution in [0.1, 0.15) is 56.6 Å². The summed E-state index contributed by atoms with van der Waals surface area (Å²) in [6.45, 7) is 6.85. The molecule has 0 aromatic carbocycles. The standard InChI is InChI=1S/C20H28N4O2/c1-12(2)7-8-20(9-14-5-6-17(20)22-14)19(26)24-10-15-16(11-24)21-13(3)23(4)18(15)25/h7,14,17,22H,5-6,8-11H2,1-4H3/t14-,17+,20+/m0/s1. The van der Waals surface area contributed by atoms with Crippen LogP contribution in [-0.4, -0.2) is 32.4 Å². The average molecular weight is 356 g/mol. The van der Waals surface area contributed by atoms with E-state index in [-0.39, 0.29) is 22.9 Å². The first-order chi connectivity index (χ1) is 12.3. The van der Waals surface area contributed by atoms with Gasteiger partial charge in [-0.25, -0.2) is 4.98 Å². The van der Waals surface area contributed by atoms with Crippen molar-refractivity contribution in [2.75, 3.05) is 0 Å². The van der Waals surface area contributed by atoms with E-state index in [4.69, 9.17) is 0 Å². The van der Waals surface area contributed by atoms with Gasteiger partial charge in [0.05, 0.1) is 29.8 Å². The highest BCUT2D eigenvalue weighted by atomic mass is 16.2. The highest BCUT2D eigenvalue weighted by Crippen LogP contribution is 2.48. The molecule has 1 aromatic heterocycles. The molecule has 3 aliphatic heterocycles. The molecule has 0 saturated carbocycles. The maximum Gasteiger partial charge on any atom is 0.258 e. The molecule has 1 aromatic rings. The number of fused-ring (bicyclic) bond motifs is 3. The van der Waals surface area contributed by atoms with Crippen molar-refractivity contribution in [2.45, 2.75) is 71.6 Å². The molecule has 140 valence electrons. The van der Waals surface area contributed by atoms with Gasteiger partial charge in [-0.1, -0.05) is 11.6 Å². The SMILES string of the molecule is CC(C)=CC[C@@]1(C(=O)N2Cc3nc(C)n(C)c(=O)c3C2)C[C@@H]2CC[C@H]1N2. The minimum atomic E-state index is -0.373. The molecular formula is C20H28N4O2. The molecule has 2 bridgehead atoms. The zero-order valence-electron chi connectivity index (χ0n) is 16.1. The van der Waals surface area contributed by atoms with Gasteiger partial charge < -0.3 is 10.2 Å². The molecule has 6 heteroatoms. The fraction of sp³-hybridized carbons (Fsp3) is 0.650. The number of rotatable bonds is 3. The normalized spacial score (nSPS) is 29.2. The number of allylic oxidation sites excluding steroid dienone is 2. The van der Waals surface area contributed by atoms with E-state index in [0.29, 0.717) is 30.5 Å². The van der Waals surface area contributed by atoms with E-state index in [2.05, 4.69) is 30.2 Å². The Morgan fingerprint density at radius 3 is 2.73 bits per heavy atom. The van der Waals surface area contributed by atoms with Crippen molar-refractivity contribution < 1.29 is 4.79 Å². The Morgan fingerprint density at radius 1 is 1.35 bits per heavy atom. The summed E-state index contributed by atoms with van der Waals surface area (Å²) in [5.74, 6) is 0.885. The Labute approximate surface area is 154 Å². The molecule has 4 heterocycles. The van der Waals surface area contributed by atoms with Gasteiger partial charge in [0.2, 0.25) is 5.91 Å². The maximum atomic E-state index is 13.6. The molecule has 0 unspecified atom stereocenters. The Morgan fingerprint density at radius 2 is 2.12 bits per heavy atom. The zero-order valence-corrected chi connectivity index (χ0v) is 16.1. The van der Waals surface area contributed by atoms with Gasteiger partial charge in [-0.05, 0) is 46.5 Å². The van der Waals surface area contributed by atoms with Gasteiger partial charge >= 0.3 is 0 Å².